The van der Waals surface area contributed by atoms with Crippen LogP contribution >= 0.6 is 24.0 Å². The highest BCUT2D eigenvalue weighted by molar-refractivity contribution is 8.26. The Morgan fingerprint density at radius 1 is 1.11 bits per heavy atom. The van der Waals surface area contributed by atoms with E-state index in [4.69, 9.17) is 22.9 Å². The van der Waals surface area contributed by atoms with Gasteiger partial charge in [0.05, 0.1) is 17.0 Å². The topological polar surface area (TPSA) is 101 Å². The lowest BCUT2D eigenvalue weighted by atomic mass is 9.96. The van der Waals surface area contributed by atoms with E-state index in [1.807, 2.05) is 49.1 Å². The molecule has 37 heavy (non-hydrogen) atoms. The summed E-state index contributed by atoms with van der Waals surface area (Å²) in [4.78, 5) is 47.5. The molecule has 2 amide bonds. The Morgan fingerprint density at radius 2 is 1.78 bits per heavy atom. The van der Waals surface area contributed by atoms with Crippen molar-refractivity contribution in [2.75, 3.05) is 18.0 Å². The number of piperidine rings is 1. The van der Waals surface area contributed by atoms with Gasteiger partial charge in [-0.15, -0.1) is 0 Å². The number of carbonyl (C=O) groups excluding carboxylic acids is 2. The lowest BCUT2D eigenvalue weighted by molar-refractivity contribution is -0.123. The molecular formula is C27H27N5O3S2. The van der Waals surface area contributed by atoms with Crippen LogP contribution < -0.4 is 16.2 Å². The molecule has 4 heterocycles. The lowest BCUT2D eigenvalue weighted by Gasteiger charge is -2.32. The van der Waals surface area contributed by atoms with E-state index in [1.54, 1.807) is 23.2 Å². The fraction of sp³-hybridized carbons (Fsp3) is 0.296. The SMILES string of the molecule is Cc1ccc(CN2C(=O)/C(=C\c3c(N4CCC(C(N)=O)CC4)nc4ccc(C)cn4c3=O)SC2=S)cc1. The maximum atomic E-state index is 13.7. The number of hydrogen-bond donors (Lipinski definition) is 1. The fourth-order valence-corrected chi connectivity index (χ4v) is 5.87. The van der Waals surface area contributed by atoms with Crippen molar-refractivity contribution in [2.45, 2.75) is 33.2 Å². The van der Waals surface area contributed by atoms with Gasteiger partial charge in [0.2, 0.25) is 5.91 Å². The molecule has 2 N–H and O–H groups in total. The number of amides is 2. The van der Waals surface area contributed by atoms with E-state index in [1.165, 1.54) is 16.2 Å². The smallest absolute Gasteiger partial charge is 0.267 e. The van der Waals surface area contributed by atoms with E-state index in [2.05, 4.69) is 0 Å². The minimum atomic E-state index is -0.306. The number of aromatic nitrogens is 2. The summed E-state index contributed by atoms with van der Waals surface area (Å²) in [6.45, 7) is 5.36. The Balaban J connectivity index is 1.54. The number of aryl methyl sites for hydroxylation is 2. The summed E-state index contributed by atoms with van der Waals surface area (Å²) in [5, 5.41) is 0. The molecule has 2 aromatic heterocycles. The Labute approximate surface area is 224 Å². The number of nitrogens with zero attached hydrogens (tertiary/aromatic N) is 4. The number of benzene rings is 1. The van der Waals surface area contributed by atoms with E-state index in [-0.39, 0.29) is 23.3 Å². The molecule has 0 bridgehead atoms. The van der Waals surface area contributed by atoms with Crippen molar-refractivity contribution < 1.29 is 9.59 Å². The maximum absolute atomic E-state index is 13.7. The number of anilines is 1. The van der Waals surface area contributed by atoms with Crippen LogP contribution in [0.2, 0.25) is 0 Å². The number of carbonyl (C=O) groups is 2. The van der Waals surface area contributed by atoms with Gasteiger partial charge in [-0.25, -0.2) is 4.98 Å². The van der Waals surface area contributed by atoms with Crippen molar-refractivity contribution in [3.05, 3.63) is 80.1 Å². The van der Waals surface area contributed by atoms with Crippen LogP contribution in [0.4, 0.5) is 5.82 Å². The van der Waals surface area contributed by atoms with E-state index >= 15 is 0 Å². The number of pyridine rings is 1. The molecule has 8 nitrogen and oxygen atoms in total. The Bertz CT molecular complexity index is 1500. The average molecular weight is 534 g/mol. The second-order valence-electron chi connectivity index (χ2n) is 9.51. The Hall–Kier alpha value is -3.50. The first-order valence-electron chi connectivity index (χ1n) is 12.1. The standard InChI is InChI=1S/C27H27N5O3S2/c1-16-3-6-18(7-4-16)15-32-26(35)21(37-27(32)36)13-20-24(30-11-9-19(10-12-30)23(28)33)29-22-8-5-17(2)14-31(22)25(20)34/h3-8,13-14,19H,9-12,15H2,1-2H3,(H2,28,33)/b21-13+. The molecule has 0 atom stereocenters. The number of hydrogen-bond acceptors (Lipinski definition) is 7. The van der Waals surface area contributed by atoms with Gasteiger partial charge in [0, 0.05) is 25.2 Å². The molecule has 1 aromatic carbocycles. The quantitative estimate of drug-likeness (QED) is 0.396. The molecule has 5 rings (SSSR count). The lowest BCUT2D eigenvalue weighted by Crippen LogP contribution is -2.40. The summed E-state index contributed by atoms with van der Waals surface area (Å²) >= 11 is 6.72. The largest absolute Gasteiger partial charge is 0.369 e. The van der Waals surface area contributed by atoms with Crippen LogP contribution in [-0.2, 0) is 16.1 Å². The normalized spacial score (nSPS) is 17.8. The van der Waals surface area contributed by atoms with Gasteiger partial charge in [-0.1, -0.05) is 59.9 Å². The van der Waals surface area contributed by atoms with Crippen LogP contribution in [-0.4, -0.2) is 43.5 Å². The second-order valence-corrected chi connectivity index (χ2v) is 11.2. The number of fused-ring (bicyclic) bond motifs is 1. The summed E-state index contributed by atoms with van der Waals surface area (Å²) in [6.07, 6.45) is 4.53. The van der Waals surface area contributed by atoms with Crippen molar-refractivity contribution in [2.24, 2.45) is 11.7 Å². The molecule has 0 aliphatic carbocycles. The third-order valence-electron chi connectivity index (χ3n) is 6.79. The zero-order valence-electron chi connectivity index (χ0n) is 20.6. The van der Waals surface area contributed by atoms with E-state index in [0.717, 1.165) is 16.7 Å². The van der Waals surface area contributed by atoms with E-state index in [0.29, 0.717) is 58.7 Å². The van der Waals surface area contributed by atoms with Crippen LogP contribution in [0.5, 0.6) is 0 Å². The highest BCUT2D eigenvalue weighted by atomic mass is 32.2. The molecule has 2 fully saturated rings. The fourth-order valence-electron chi connectivity index (χ4n) is 4.63. The number of rotatable bonds is 5. The summed E-state index contributed by atoms with van der Waals surface area (Å²) in [5.74, 6) is -0.232. The average Bonchev–Trinajstić information content (AvgIpc) is 3.14. The zero-order valence-corrected chi connectivity index (χ0v) is 22.3. The van der Waals surface area contributed by atoms with Crippen LogP contribution in [0.15, 0.2) is 52.3 Å². The van der Waals surface area contributed by atoms with Crippen molar-refractivity contribution in [3.8, 4) is 0 Å². The Morgan fingerprint density at radius 3 is 2.46 bits per heavy atom. The third-order valence-corrected chi connectivity index (χ3v) is 8.17. The summed E-state index contributed by atoms with van der Waals surface area (Å²) in [7, 11) is 0. The summed E-state index contributed by atoms with van der Waals surface area (Å²) in [5.41, 5.74) is 9.14. The van der Waals surface area contributed by atoms with Crippen LogP contribution in [0, 0.1) is 19.8 Å². The molecule has 2 aliphatic heterocycles. The second kappa shape index (κ2) is 10.1. The maximum Gasteiger partial charge on any atom is 0.267 e. The highest BCUT2D eigenvalue weighted by Gasteiger charge is 2.33. The van der Waals surface area contributed by atoms with Gasteiger partial charge >= 0.3 is 0 Å². The summed E-state index contributed by atoms with van der Waals surface area (Å²) in [6, 6.07) is 11.7. The first-order chi connectivity index (χ1) is 17.7. The predicted octanol–water partition coefficient (Wildman–Crippen LogP) is 3.41. The highest BCUT2D eigenvalue weighted by Crippen LogP contribution is 2.35. The van der Waals surface area contributed by atoms with Gasteiger partial charge in [-0.3, -0.25) is 23.7 Å². The number of thiocarbonyl (C=S) groups is 1. The van der Waals surface area contributed by atoms with Gasteiger partial charge < -0.3 is 10.6 Å². The molecule has 10 heteroatoms. The molecule has 0 saturated carbocycles. The monoisotopic (exact) mass is 533 g/mol. The van der Waals surface area contributed by atoms with Crippen molar-refractivity contribution in [1.82, 2.24) is 14.3 Å². The number of nitrogens with two attached hydrogens (primary N) is 1. The van der Waals surface area contributed by atoms with Gasteiger partial charge in [0.15, 0.2) is 0 Å². The van der Waals surface area contributed by atoms with Gasteiger partial charge in [-0.2, -0.15) is 0 Å². The van der Waals surface area contributed by atoms with E-state index in [9.17, 15) is 14.4 Å². The minimum absolute atomic E-state index is 0.193. The Kier molecular flexibility index (Phi) is 6.87. The van der Waals surface area contributed by atoms with Gasteiger partial charge in [-0.05, 0) is 50.0 Å². The molecule has 2 aliphatic rings. The van der Waals surface area contributed by atoms with Crippen molar-refractivity contribution in [3.63, 3.8) is 0 Å². The predicted molar refractivity (Wildman–Crippen MR) is 150 cm³/mol. The molecule has 0 spiro atoms. The summed E-state index contributed by atoms with van der Waals surface area (Å²) < 4.78 is 1.96. The molecule has 0 unspecified atom stereocenters. The van der Waals surface area contributed by atoms with E-state index < -0.39 is 0 Å². The van der Waals surface area contributed by atoms with Crippen molar-refractivity contribution in [1.29, 1.82) is 0 Å². The minimum Gasteiger partial charge on any atom is -0.369 e. The van der Waals surface area contributed by atoms with Gasteiger partial charge in [0.25, 0.3) is 11.5 Å². The number of thioether (sulfide) groups is 1. The van der Waals surface area contributed by atoms with Crippen LogP contribution in [0.25, 0.3) is 11.7 Å². The first-order valence-corrected chi connectivity index (χ1v) is 13.3. The number of primary amides is 1. The third kappa shape index (κ3) is 5.03. The molecule has 3 aromatic rings. The van der Waals surface area contributed by atoms with Crippen LogP contribution in [0.1, 0.15) is 35.1 Å². The van der Waals surface area contributed by atoms with Crippen LogP contribution in [0.3, 0.4) is 0 Å². The van der Waals surface area contributed by atoms with Gasteiger partial charge in [0.1, 0.15) is 15.8 Å². The van der Waals surface area contributed by atoms with Crippen molar-refractivity contribution >= 4 is 57.7 Å². The molecule has 2 saturated heterocycles. The zero-order chi connectivity index (χ0) is 26.3. The molecule has 0 radical (unpaired) electrons. The molecule has 190 valence electrons. The molecular weight excluding hydrogens is 506 g/mol. The first kappa shape index (κ1) is 25.2.